The van der Waals surface area contributed by atoms with Gasteiger partial charge in [-0.2, -0.15) is 0 Å². The molecule has 1 aromatic heterocycles. The number of rotatable bonds is 3. The number of hydrogen-bond donors (Lipinski definition) is 2. The minimum Gasteiger partial charge on any atom is -0.381 e. The second kappa shape index (κ2) is 3.79. The second-order valence-corrected chi connectivity index (χ2v) is 3.55. The number of anilines is 1. The van der Waals surface area contributed by atoms with E-state index < -0.39 is 11.5 Å². The minimum atomic E-state index is -1.38. The van der Waals surface area contributed by atoms with E-state index in [2.05, 4.69) is 10.3 Å². The molecule has 0 fully saturated rings. The van der Waals surface area contributed by atoms with E-state index in [1.54, 1.807) is 17.0 Å². The monoisotopic (exact) mass is 197 g/mol. The largest absolute Gasteiger partial charge is 0.381 e. The number of nitrogens with one attached hydrogen (secondary N) is 1. The van der Waals surface area contributed by atoms with Crippen molar-refractivity contribution >= 4 is 11.9 Å². The Bertz CT molecular complexity index is 325. The Morgan fingerprint density at radius 1 is 1.71 bits per heavy atom. The molecule has 1 heterocycles. The molecule has 0 radical (unpaired) electrons. The first-order chi connectivity index (χ1) is 6.45. The number of aryl methyl sites for hydroxylation is 1. The van der Waals surface area contributed by atoms with Gasteiger partial charge in [-0.3, -0.25) is 10.1 Å². The molecule has 1 aromatic rings. The van der Waals surface area contributed by atoms with Crippen molar-refractivity contribution in [2.75, 3.05) is 5.32 Å². The Morgan fingerprint density at radius 3 is 2.86 bits per heavy atom. The van der Waals surface area contributed by atoms with Gasteiger partial charge in [0, 0.05) is 18.9 Å². The number of nitrogens with zero attached hydrogens (tertiary/aromatic N) is 2. The van der Waals surface area contributed by atoms with Gasteiger partial charge < -0.3 is 9.67 Å². The van der Waals surface area contributed by atoms with Crippen molar-refractivity contribution in [3.63, 3.8) is 0 Å². The summed E-state index contributed by atoms with van der Waals surface area (Å²) >= 11 is 0. The topological polar surface area (TPSA) is 67.2 Å². The van der Waals surface area contributed by atoms with E-state index in [1.165, 1.54) is 13.8 Å². The van der Waals surface area contributed by atoms with Crippen molar-refractivity contribution in [2.24, 2.45) is 0 Å². The maximum atomic E-state index is 11.4. The van der Waals surface area contributed by atoms with E-state index in [1.807, 2.05) is 6.92 Å². The van der Waals surface area contributed by atoms with Crippen molar-refractivity contribution < 1.29 is 9.90 Å². The van der Waals surface area contributed by atoms with Crippen LogP contribution in [-0.2, 0) is 11.3 Å². The zero-order valence-electron chi connectivity index (χ0n) is 8.61. The lowest BCUT2D eigenvalue weighted by molar-refractivity contribution is -0.130. The molecule has 0 unspecified atom stereocenters. The Morgan fingerprint density at radius 2 is 2.36 bits per heavy atom. The van der Waals surface area contributed by atoms with Gasteiger partial charge >= 0.3 is 0 Å². The number of carbonyl (C=O) groups is 1. The van der Waals surface area contributed by atoms with E-state index in [4.69, 9.17) is 0 Å². The molecule has 78 valence electrons. The molecule has 0 aliphatic rings. The van der Waals surface area contributed by atoms with Gasteiger partial charge in [0.25, 0.3) is 5.91 Å². The molecule has 1 amide bonds. The van der Waals surface area contributed by atoms with Crippen molar-refractivity contribution in [1.82, 2.24) is 9.55 Å². The third-order valence-electron chi connectivity index (χ3n) is 1.84. The Hall–Kier alpha value is -1.36. The van der Waals surface area contributed by atoms with Crippen LogP contribution in [0.25, 0.3) is 0 Å². The van der Waals surface area contributed by atoms with Crippen molar-refractivity contribution in [1.29, 1.82) is 0 Å². The van der Waals surface area contributed by atoms with Crippen molar-refractivity contribution in [2.45, 2.75) is 32.9 Å². The molecule has 5 nitrogen and oxygen atoms in total. The van der Waals surface area contributed by atoms with Gasteiger partial charge in [0.05, 0.1) is 0 Å². The molecule has 0 aromatic carbocycles. The lowest BCUT2D eigenvalue weighted by atomic mass is 10.1. The van der Waals surface area contributed by atoms with E-state index in [0.29, 0.717) is 5.95 Å². The van der Waals surface area contributed by atoms with Gasteiger partial charge in [0.2, 0.25) is 5.95 Å². The maximum Gasteiger partial charge on any atom is 0.258 e. The molecule has 0 saturated carbocycles. The fourth-order valence-electron chi connectivity index (χ4n) is 0.943. The molecule has 0 spiro atoms. The summed E-state index contributed by atoms with van der Waals surface area (Å²) in [6, 6.07) is 0. The molecule has 0 aliphatic heterocycles. The fraction of sp³-hybridized carbons (Fsp3) is 0.556. The van der Waals surface area contributed by atoms with Crippen LogP contribution in [0, 0.1) is 0 Å². The molecule has 0 bridgehead atoms. The van der Waals surface area contributed by atoms with Crippen LogP contribution >= 0.6 is 0 Å². The number of carbonyl (C=O) groups excluding carboxylic acids is 1. The van der Waals surface area contributed by atoms with Gasteiger partial charge in [-0.15, -0.1) is 0 Å². The standard InChI is InChI=1S/C9H15N3O2/c1-4-12-6-5-10-8(12)11-7(13)9(2,3)14/h5-6,14H,4H2,1-3H3,(H,10,11,13). The minimum absolute atomic E-state index is 0.458. The SMILES string of the molecule is CCn1ccnc1NC(=O)C(C)(C)O. The second-order valence-electron chi connectivity index (χ2n) is 3.55. The number of imidazole rings is 1. The number of aromatic nitrogens is 2. The fourth-order valence-corrected chi connectivity index (χ4v) is 0.943. The first kappa shape index (κ1) is 10.7. The van der Waals surface area contributed by atoms with E-state index in [9.17, 15) is 9.90 Å². The zero-order valence-corrected chi connectivity index (χ0v) is 8.61. The van der Waals surface area contributed by atoms with Crippen molar-refractivity contribution in [3.8, 4) is 0 Å². The van der Waals surface area contributed by atoms with Crippen LogP contribution < -0.4 is 5.32 Å². The molecule has 0 atom stereocenters. The van der Waals surface area contributed by atoms with Crippen LogP contribution in [0.4, 0.5) is 5.95 Å². The molecular formula is C9H15N3O2. The highest BCUT2D eigenvalue weighted by Crippen LogP contribution is 2.08. The van der Waals surface area contributed by atoms with Crippen LogP contribution in [0.15, 0.2) is 12.4 Å². The van der Waals surface area contributed by atoms with Gasteiger partial charge in [0.1, 0.15) is 5.60 Å². The third kappa shape index (κ3) is 2.32. The molecule has 2 N–H and O–H groups in total. The quantitative estimate of drug-likeness (QED) is 0.746. The third-order valence-corrected chi connectivity index (χ3v) is 1.84. The molecule has 14 heavy (non-hydrogen) atoms. The molecule has 0 aliphatic carbocycles. The summed E-state index contributed by atoms with van der Waals surface area (Å²) in [7, 11) is 0. The highest BCUT2D eigenvalue weighted by molar-refractivity contribution is 5.95. The summed E-state index contributed by atoms with van der Waals surface area (Å²) in [4.78, 5) is 15.3. The highest BCUT2D eigenvalue weighted by atomic mass is 16.3. The lowest BCUT2D eigenvalue weighted by Crippen LogP contribution is -2.37. The van der Waals surface area contributed by atoms with Crippen LogP contribution in [0.5, 0.6) is 0 Å². The number of aliphatic hydroxyl groups is 1. The first-order valence-electron chi connectivity index (χ1n) is 4.50. The highest BCUT2D eigenvalue weighted by Gasteiger charge is 2.24. The van der Waals surface area contributed by atoms with E-state index in [0.717, 1.165) is 6.54 Å². The Balaban J connectivity index is 2.74. The van der Waals surface area contributed by atoms with Crippen LogP contribution in [0.1, 0.15) is 20.8 Å². The predicted molar refractivity (Wildman–Crippen MR) is 52.8 cm³/mol. The van der Waals surface area contributed by atoms with Gasteiger partial charge in [0.15, 0.2) is 0 Å². The van der Waals surface area contributed by atoms with Crippen molar-refractivity contribution in [3.05, 3.63) is 12.4 Å². The Kier molecular flexibility index (Phi) is 2.90. The molecule has 0 saturated heterocycles. The number of hydrogen-bond acceptors (Lipinski definition) is 3. The maximum absolute atomic E-state index is 11.4. The predicted octanol–water partition coefficient (Wildman–Crippen LogP) is 0.612. The van der Waals surface area contributed by atoms with Gasteiger partial charge in [-0.1, -0.05) is 0 Å². The Labute approximate surface area is 82.8 Å². The van der Waals surface area contributed by atoms with E-state index in [-0.39, 0.29) is 0 Å². The number of amides is 1. The molecular weight excluding hydrogens is 182 g/mol. The summed E-state index contributed by atoms with van der Waals surface area (Å²) in [5, 5.41) is 11.9. The average Bonchev–Trinajstić information content (AvgIpc) is 2.50. The first-order valence-corrected chi connectivity index (χ1v) is 4.50. The van der Waals surface area contributed by atoms with Crippen LogP contribution in [-0.4, -0.2) is 26.2 Å². The van der Waals surface area contributed by atoms with Crippen LogP contribution in [0.3, 0.4) is 0 Å². The normalized spacial score (nSPS) is 11.4. The lowest BCUT2D eigenvalue weighted by Gasteiger charge is -2.16. The van der Waals surface area contributed by atoms with Crippen LogP contribution in [0.2, 0.25) is 0 Å². The summed E-state index contributed by atoms with van der Waals surface area (Å²) in [6.45, 7) is 5.53. The van der Waals surface area contributed by atoms with Gasteiger partial charge in [-0.25, -0.2) is 4.98 Å². The average molecular weight is 197 g/mol. The smallest absolute Gasteiger partial charge is 0.258 e. The molecule has 1 rings (SSSR count). The molecule has 5 heteroatoms. The van der Waals surface area contributed by atoms with E-state index >= 15 is 0 Å². The summed E-state index contributed by atoms with van der Waals surface area (Å²) in [6.07, 6.45) is 3.36. The summed E-state index contributed by atoms with van der Waals surface area (Å²) < 4.78 is 1.78. The zero-order chi connectivity index (χ0) is 10.8. The summed E-state index contributed by atoms with van der Waals surface area (Å²) in [5.41, 5.74) is -1.38. The summed E-state index contributed by atoms with van der Waals surface area (Å²) in [5.74, 6) is -0.00183. The van der Waals surface area contributed by atoms with Gasteiger partial charge in [-0.05, 0) is 20.8 Å².